The Morgan fingerprint density at radius 3 is 1.27 bits per heavy atom. The normalized spacial score (nSPS) is 18.4. The Kier molecular flexibility index (Phi) is 58.0. The number of aliphatic hydroxyl groups is 5. The fourth-order valence-electron chi connectivity index (χ4n) is 11.1. The highest BCUT2D eigenvalue weighted by molar-refractivity contribution is 5.76. The number of hydrogen-bond acceptors (Lipinski definition) is 10. The van der Waals surface area contributed by atoms with Crippen molar-refractivity contribution in [2.24, 2.45) is 0 Å². The second kappa shape index (κ2) is 61.3. The number of esters is 1. The lowest BCUT2D eigenvalue weighted by Crippen LogP contribution is -2.60. The minimum atomic E-state index is -1.58. The van der Waals surface area contributed by atoms with Crippen molar-refractivity contribution >= 4 is 11.9 Å². The summed E-state index contributed by atoms with van der Waals surface area (Å²) in [6, 6.07) is -0.827. The van der Waals surface area contributed by atoms with Crippen molar-refractivity contribution < 1.29 is 49.3 Å². The number of carbonyl (C=O) groups excluding carboxylic acids is 2. The molecule has 486 valence electrons. The first-order valence-electron chi connectivity index (χ1n) is 35.4. The molecule has 1 rings (SSSR count). The van der Waals surface area contributed by atoms with Crippen LogP contribution in [0.1, 0.15) is 335 Å². The molecule has 83 heavy (non-hydrogen) atoms. The third-order valence-corrected chi connectivity index (χ3v) is 16.7. The number of unbranched alkanes of at least 4 members (excludes halogenated alkanes) is 42. The van der Waals surface area contributed by atoms with Gasteiger partial charge in [0.1, 0.15) is 24.4 Å². The molecule has 0 aliphatic carbocycles. The Bertz CT molecular complexity index is 1520. The highest BCUT2D eigenvalue weighted by Crippen LogP contribution is 2.23. The largest absolute Gasteiger partial charge is 0.466 e. The van der Waals surface area contributed by atoms with Crippen molar-refractivity contribution in [2.45, 2.75) is 378 Å². The number of nitrogens with one attached hydrogen (secondary N) is 1. The van der Waals surface area contributed by atoms with Crippen LogP contribution < -0.4 is 5.32 Å². The van der Waals surface area contributed by atoms with E-state index in [1.165, 1.54) is 244 Å². The first-order valence-corrected chi connectivity index (χ1v) is 35.4. The number of ether oxygens (including phenoxy) is 3. The molecule has 0 bridgehead atoms. The Morgan fingerprint density at radius 1 is 0.446 bits per heavy atom. The number of amides is 1. The van der Waals surface area contributed by atoms with Gasteiger partial charge >= 0.3 is 5.97 Å². The van der Waals surface area contributed by atoms with Gasteiger partial charge in [0, 0.05) is 12.8 Å². The van der Waals surface area contributed by atoms with E-state index in [0.29, 0.717) is 19.4 Å². The van der Waals surface area contributed by atoms with Crippen LogP contribution in [0.2, 0.25) is 0 Å². The van der Waals surface area contributed by atoms with Gasteiger partial charge in [0.2, 0.25) is 5.91 Å². The first-order chi connectivity index (χ1) is 40.7. The van der Waals surface area contributed by atoms with E-state index in [-0.39, 0.29) is 18.5 Å². The van der Waals surface area contributed by atoms with Gasteiger partial charge in [-0.3, -0.25) is 9.59 Å². The topological polar surface area (TPSA) is 175 Å². The molecular weight excluding hydrogens is 1040 g/mol. The lowest BCUT2D eigenvalue weighted by molar-refractivity contribution is -0.302. The van der Waals surface area contributed by atoms with Gasteiger partial charge in [-0.2, -0.15) is 0 Å². The van der Waals surface area contributed by atoms with Gasteiger partial charge in [0.25, 0.3) is 0 Å². The van der Waals surface area contributed by atoms with Crippen LogP contribution in [0.15, 0.2) is 48.6 Å². The summed E-state index contributed by atoms with van der Waals surface area (Å²) in [4.78, 5) is 25.1. The maximum atomic E-state index is 13.1. The molecule has 7 unspecified atom stereocenters. The number of hydrogen-bond donors (Lipinski definition) is 6. The lowest BCUT2D eigenvalue weighted by Gasteiger charge is -2.40. The highest BCUT2D eigenvalue weighted by atomic mass is 16.7. The summed E-state index contributed by atoms with van der Waals surface area (Å²) in [5, 5.41) is 54.5. The summed E-state index contributed by atoms with van der Waals surface area (Å²) in [5.41, 5.74) is 0. The standard InChI is InChI=1S/C72H133NO10/c1-3-5-7-9-11-13-15-35-39-42-46-50-54-58-65(75)64(63-82-72-71(80)70(79)69(78)66(62-74)83-72)73-67(76)59-55-51-47-43-40-36-33-31-29-27-25-23-21-19-17-16-18-20-22-24-26-28-30-32-34-37-41-45-49-53-57-61-81-68(77)60-56-52-48-44-38-14-12-10-8-6-4-2/h18,20,24,26,39,42,54,58,64-66,69-72,74-75,78-80H,3-17,19,21-23,25,27-38,40-41,43-53,55-57,59-63H2,1-2H3,(H,73,76)/b20-18-,26-24-,42-39+,58-54+. The van der Waals surface area contributed by atoms with Crippen LogP contribution in [-0.2, 0) is 23.8 Å². The van der Waals surface area contributed by atoms with Crippen molar-refractivity contribution in [3.63, 3.8) is 0 Å². The minimum Gasteiger partial charge on any atom is -0.466 e. The number of carbonyl (C=O) groups is 2. The first kappa shape index (κ1) is 78.6. The molecular formula is C72H133NO10. The fraction of sp³-hybridized carbons (Fsp3) is 0.861. The van der Waals surface area contributed by atoms with Gasteiger partial charge in [0.15, 0.2) is 6.29 Å². The monoisotopic (exact) mass is 1170 g/mol. The number of allylic oxidation sites excluding steroid dienone is 7. The van der Waals surface area contributed by atoms with E-state index in [1.54, 1.807) is 6.08 Å². The van der Waals surface area contributed by atoms with Gasteiger partial charge in [-0.1, -0.05) is 294 Å². The molecule has 0 spiro atoms. The van der Waals surface area contributed by atoms with Crippen LogP contribution >= 0.6 is 0 Å². The van der Waals surface area contributed by atoms with Crippen LogP contribution in [-0.4, -0.2) is 100 Å². The Labute approximate surface area is 510 Å². The summed E-state index contributed by atoms with van der Waals surface area (Å²) in [6.45, 7) is 4.34. The predicted molar refractivity (Wildman–Crippen MR) is 347 cm³/mol. The average molecular weight is 1170 g/mol. The zero-order valence-electron chi connectivity index (χ0n) is 53.9. The van der Waals surface area contributed by atoms with E-state index in [4.69, 9.17) is 14.2 Å². The summed E-state index contributed by atoms with van der Waals surface area (Å²) < 4.78 is 16.7. The van der Waals surface area contributed by atoms with Crippen molar-refractivity contribution in [1.82, 2.24) is 5.32 Å². The number of rotatable bonds is 62. The maximum Gasteiger partial charge on any atom is 0.305 e. The van der Waals surface area contributed by atoms with Gasteiger partial charge in [-0.15, -0.1) is 0 Å². The smallest absolute Gasteiger partial charge is 0.305 e. The van der Waals surface area contributed by atoms with E-state index in [1.807, 2.05) is 6.08 Å². The molecule has 0 aromatic carbocycles. The lowest BCUT2D eigenvalue weighted by atomic mass is 9.99. The van der Waals surface area contributed by atoms with Gasteiger partial charge in [-0.05, 0) is 77.0 Å². The molecule has 0 aromatic rings. The van der Waals surface area contributed by atoms with E-state index >= 15 is 0 Å². The molecule has 1 aliphatic heterocycles. The van der Waals surface area contributed by atoms with Crippen molar-refractivity contribution in [3.8, 4) is 0 Å². The van der Waals surface area contributed by atoms with Gasteiger partial charge < -0.3 is 45.1 Å². The molecule has 1 aliphatic rings. The molecule has 1 fully saturated rings. The van der Waals surface area contributed by atoms with Crippen LogP contribution in [0.3, 0.4) is 0 Å². The summed E-state index contributed by atoms with van der Waals surface area (Å²) >= 11 is 0. The second-order valence-electron chi connectivity index (χ2n) is 24.6. The van der Waals surface area contributed by atoms with Gasteiger partial charge in [0.05, 0.1) is 32.0 Å². The molecule has 6 N–H and O–H groups in total. The Balaban J connectivity index is 1.99. The summed E-state index contributed by atoms with van der Waals surface area (Å²) in [5.74, 6) is -0.186. The van der Waals surface area contributed by atoms with E-state index in [2.05, 4.69) is 55.6 Å². The average Bonchev–Trinajstić information content (AvgIpc) is 3.50. The van der Waals surface area contributed by atoms with Crippen molar-refractivity contribution in [3.05, 3.63) is 48.6 Å². The Hall–Kier alpha value is -2.38. The predicted octanol–water partition coefficient (Wildman–Crippen LogP) is 18.0. The quantitative estimate of drug-likeness (QED) is 0.0195. The fourth-order valence-corrected chi connectivity index (χ4v) is 11.1. The molecule has 11 nitrogen and oxygen atoms in total. The summed E-state index contributed by atoms with van der Waals surface area (Å²) in [7, 11) is 0. The zero-order valence-corrected chi connectivity index (χ0v) is 53.9. The minimum absolute atomic E-state index is 0.00471. The molecule has 0 aromatic heterocycles. The molecule has 1 amide bonds. The van der Waals surface area contributed by atoms with Crippen molar-refractivity contribution in [1.29, 1.82) is 0 Å². The maximum absolute atomic E-state index is 13.1. The number of aliphatic hydroxyl groups excluding tert-OH is 5. The zero-order chi connectivity index (χ0) is 60.2. The summed E-state index contributed by atoms with van der Waals surface area (Å²) in [6.07, 6.45) is 69.6. The van der Waals surface area contributed by atoms with Crippen LogP contribution in [0.4, 0.5) is 0 Å². The SMILES string of the molecule is CCCCCCCCC/C=C/CC/C=C/C(O)C(COC1OC(CO)C(O)C(O)C1O)NC(=O)CCCCCCCCCCCCCCCCC/C=C\C/C=C\CCCCCCCCCCCOC(=O)CCCCCCCCCCCCC. The third-order valence-electron chi connectivity index (χ3n) is 16.7. The molecule has 7 atom stereocenters. The third kappa shape index (κ3) is 50.3. The van der Waals surface area contributed by atoms with Crippen LogP contribution in [0, 0.1) is 0 Å². The van der Waals surface area contributed by atoms with Crippen LogP contribution in [0.5, 0.6) is 0 Å². The Morgan fingerprint density at radius 2 is 0.819 bits per heavy atom. The van der Waals surface area contributed by atoms with Gasteiger partial charge in [-0.25, -0.2) is 0 Å². The van der Waals surface area contributed by atoms with E-state index in [0.717, 1.165) is 64.2 Å². The van der Waals surface area contributed by atoms with E-state index < -0.39 is 49.5 Å². The molecule has 1 saturated heterocycles. The highest BCUT2D eigenvalue weighted by Gasteiger charge is 2.44. The molecule has 0 radical (unpaired) electrons. The van der Waals surface area contributed by atoms with E-state index in [9.17, 15) is 35.1 Å². The van der Waals surface area contributed by atoms with Crippen LogP contribution in [0.25, 0.3) is 0 Å². The molecule has 0 saturated carbocycles. The second-order valence-corrected chi connectivity index (χ2v) is 24.6. The molecule has 11 heteroatoms. The molecule has 1 heterocycles. The van der Waals surface area contributed by atoms with Crippen molar-refractivity contribution in [2.75, 3.05) is 19.8 Å².